The second-order valence-corrected chi connectivity index (χ2v) is 11.1. The number of carbonyl (C=O) groups excluding carboxylic acids is 2. The Hall–Kier alpha value is -2.00. The number of hydrogen-bond acceptors (Lipinski definition) is 4. The van der Waals surface area contributed by atoms with Crippen molar-refractivity contribution in [2.45, 2.75) is 89.6 Å². The zero-order valence-electron chi connectivity index (χ0n) is 21.3. The van der Waals surface area contributed by atoms with Gasteiger partial charge in [0, 0.05) is 25.2 Å². The standard InChI is InChI=1S/C26H37ClF3N3O3/c1-25(2,3)36-24(35)31-12-15-33(22-9-5-4-8-21(22)32-13-6-7-14-32)23(34)17-18-10-11-19(20(27)16-18)26(28,29)30/h10-11,16,21-22H,4-9,12-15,17H2,1-3H3,(H,31,35). The first kappa shape index (κ1) is 28.6. The molecular weight excluding hydrogens is 495 g/mol. The Morgan fingerprint density at radius 2 is 1.78 bits per heavy atom. The van der Waals surface area contributed by atoms with Crippen LogP contribution in [0.15, 0.2) is 18.2 Å². The summed E-state index contributed by atoms with van der Waals surface area (Å²) in [7, 11) is 0. The fraction of sp³-hybridized carbons (Fsp3) is 0.692. The van der Waals surface area contributed by atoms with Gasteiger partial charge in [-0.3, -0.25) is 9.69 Å². The molecule has 6 nitrogen and oxygen atoms in total. The number of hydrogen-bond donors (Lipinski definition) is 1. The maximum atomic E-state index is 13.6. The van der Waals surface area contributed by atoms with Gasteiger partial charge in [0.05, 0.1) is 17.0 Å². The van der Waals surface area contributed by atoms with Gasteiger partial charge in [-0.15, -0.1) is 0 Å². The number of nitrogens with zero attached hydrogens (tertiary/aromatic N) is 2. The molecule has 1 heterocycles. The van der Waals surface area contributed by atoms with Gasteiger partial charge in [-0.1, -0.05) is 30.5 Å². The number of amides is 2. The van der Waals surface area contributed by atoms with E-state index in [1.165, 1.54) is 12.1 Å². The van der Waals surface area contributed by atoms with Gasteiger partial charge in [0.25, 0.3) is 0 Å². The average Bonchev–Trinajstić information content (AvgIpc) is 3.29. The Morgan fingerprint density at radius 1 is 1.11 bits per heavy atom. The van der Waals surface area contributed by atoms with Gasteiger partial charge in [-0.05, 0) is 77.2 Å². The predicted molar refractivity (Wildman–Crippen MR) is 133 cm³/mol. The molecule has 1 aliphatic carbocycles. The smallest absolute Gasteiger partial charge is 0.417 e. The lowest BCUT2D eigenvalue weighted by Gasteiger charge is -2.44. The molecular formula is C26H37ClF3N3O3. The van der Waals surface area contributed by atoms with Crippen LogP contribution in [0.5, 0.6) is 0 Å². The highest BCUT2D eigenvalue weighted by Crippen LogP contribution is 2.35. The Balaban J connectivity index is 1.76. The highest BCUT2D eigenvalue weighted by atomic mass is 35.5. The van der Waals surface area contributed by atoms with Crippen LogP contribution < -0.4 is 5.32 Å². The van der Waals surface area contributed by atoms with E-state index in [0.29, 0.717) is 12.1 Å². The predicted octanol–water partition coefficient (Wildman–Crippen LogP) is 5.66. The highest BCUT2D eigenvalue weighted by Gasteiger charge is 2.37. The third-order valence-electron chi connectivity index (χ3n) is 6.74. The van der Waals surface area contributed by atoms with Crippen LogP contribution in [0.2, 0.25) is 5.02 Å². The first-order chi connectivity index (χ1) is 16.8. The van der Waals surface area contributed by atoms with Crippen LogP contribution in [0.3, 0.4) is 0 Å². The number of ether oxygens (including phenoxy) is 1. The summed E-state index contributed by atoms with van der Waals surface area (Å²) in [5.74, 6) is -0.187. The summed E-state index contributed by atoms with van der Waals surface area (Å²) >= 11 is 5.89. The summed E-state index contributed by atoms with van der Waals surface area (Å²) in [6.07, 6.45) is 1.08. The van der Waals surface area contributed by atoms with Gasteiger partial charge >= 0.3 is 12.3 Å². The van der Waals surface area contributed by atoms with Crippen molar-refractivity contribution in [1.82, 2.24) is 15.1 Å². The molecule has 2 aliphatic rings. The van der Waals surface area contributed by atoms with Crippen molar-refractivity contribution in [3.63, 3.8) is 0 Å². The molecule has 2 unspecified atom stereocenters. The van der Waals surface area contributed by atoms with E-state index in [0.717, 1.165) is 57.7 Å². The lowest BCUT2D eigenvalue weighted by Crippen LogP contribution is -2.56. The highest BCUT2D eigenvalue weighted by molar-refractivity contribution is 6.31. The van der Waals surface area contributed by atoms with E-state index in [2.05, 4.69) is 10.2 Å². The topological polar surface area (TPSA) is 61.9 Å². The van der Waals surface area contributed by atoms with Crippen LogP contribution in [0.1, 0.15) is 70.4 Å². The zero-order chi connectivity index (χ0) is 26.5. The van der Waals surface area contributed by atoms with E-state index in [1.807, 2.05) is 4.90 Å². The van der Waals surface area contributed by atoms with E-state index in [1.54, 1.807) is 20.8 Å². The molecule has 2 fully saturated rings. The number of alkyl carbamates (subject to hydrolysis) is 1. The van der Waals surface area contributed by atoms with Crippen LogP contribution in [-0.2, 0) is 22.1 Å². The molecule has 0 radical (unpaired) electrons. The molecule has 10 heteroatoms. The second-order valence-electron chi connectivity index (χ2n) is 10.7. The summed E-state index contributed by atoms with van der Waals surface area (Å²) in [5.41, 5.74) is -1.12. The van der Waals surface area contributed by atoms with E-state index >= 15 is 0 Å². The van der Waals surface area contributed by atoms with Crippen molar-refractivity contribution in [2.75, 3.05) is 26.2 Å². The summed E-state index contributed by atoms with van der Waals surface area (Å²) in [4.78, 5) is 30.0. The zero-order valence-corrected chi connectivity index (χ0v) is 22.1. The van der Waals surface area contributed by atoms with E-state index < -0.39 is 28.5 Å². The quantitative estimate of drug-likeness (QED) is 0.493. The Morgan fingerprint density at radius 3 is 2.39 bits per heavy atom. The maximum absolute atomic E-state index is 13.6. The van der Waals surface area contributed by atoms with Crippen LogP contribution in [-0.4, -0.2) is 65.7 Å². The first-order valence-electron chi connectivity index (χ1n) is 12.7. The lowest BCUT2D eigenvalue weighted by atomic mass is 9.87. The number of halogens is 4. The normalized spacial score (nSPS) is 21.3. The molecule has 0 bridgehead atoms. The van der Waals surface area contributed by atoms with Crippen molar-refractivity contribution in [3.8, 4) is 0 Å². The largest absolute Gasteiger partial charge is 0.444 e. The average molecular weight is 532 g/mol. The van der Waals surface area contributed by atoms with Crippen LogP contribution in [0.4, 0.5) is 18.0 Å². The van der Waals surface area contributed by atoms with E-state index in [-0.39, 0.29) is 31.0 Å². The lowest BCUT2D eigenvalue weighted by molar-refractivity contribution is -0.137. The summed E-state index contributed by atoms with van der Waals surface area (Å²) in [5, 5.41) is 2.31. The Kier molecular flexibility index (Phi) is 9.55. The summed E-state index contributed by atoms with van der Waals surface area (Å²) in [6, 6.07) is 3.67. The minimum atomic E-state index is -4.55. The minimum Gasteiger partial charge on any atom is -0.444 e. The van der Waals surface area contributed by atoms with E-state index in [4.69, 9.17) is 16.3 Å². The molecule has 36 heavy (non-hydrogen) atoms. The van der Waals surface area contributed by atoms with Crippen molar-refractivity contribution in [1.29, 1.82) is 0 Å². The van der Waals surface area contributed by atoms with Gasteiger partial charge in [-0.25, -0.2) is 4.79 Å². The van der Waals surface area contributed by atoms with Crippen molar-refractivity contribution >= 4 is 23.6 Å². The van der Waals surface area contributed by atoms with Crippen molar-refractivity contribution < 1.29 is 27.5 Å². The molecule has 0 spiro atoms. The molecule has 1 aliphatic heterocycles. The molecule has 1 saturated carbocycles. The van der Waals surface area contributed by atoms with Gasteiger partial charge in [0.1, 0.15) is 5.60 Å². The van der Waals surface area contributed by atoms with Gasteiger partial charge in [0.15, 0.2) is 0 Å². The molecule has 2 amide bonds. The molecule has 1 aromatic carbocycles. The van der Waals surface area contributed by atoms with Gasteiger partial charge in [-0.2, -0.15) is 13.2 Å². The maximum Gasteiger partial charge on any atom is 0.417 e. The molecule has 1 N–H and O–H groups in total. The van der Waals surface area contributed by atoms with Crippen LogP contribution in [0.25, 0.3) is 0 Å². The van der Waals surface area contributed by atoms with Gasteiger partial charge in [0.2, 0.25) is 5.91 Å². The van der Waals surface area contributed by atoms with Crippen LogP contribution in [0, 0.1) is 0 Å². The number of likely N-dealkylation sites (tertiary alicyclic amines) is 1. The Labute approximate surface area is 216 Å². The molecule has 0 aromatic heterocycles. The number of alkyl halides is 3. The summed E-state index contributed by atoms with van der Waals surface area (Å²) in [6.45, 7) is 7.86. The molecule has 3 rings (SSSR count). The Bertz CT molecular complexity index is 914. The SMILES string of the molecule is CC(C)(C)OC(=O)NCCN(C(=O)Cc1ccc(C(F)(F)F)c(Cl)c1)C1CCCCC1N1CCCC1. The first-order valence-corrected chi connectivity index (χ1v) is 13.1. The fourth-order valence-electron chi connectivity index (χ4n) is 5.20. The molecule has 1 saturated heterocycles. The minimum absolute atomic E-state index is 0.0188. The third-order valence-corrected chi connectivity index (χ3v) is 7.05. The fourth-order valence-corrected chi connectivity index (χ4v) is 5.51. The van der Waals surface area contributed by atoms with Crippen molar-refractivity contribution in [2.24, 2.45) is 0 Å². The van der Waals surface area contributed by atoms with E-state index in [9.17, 15) is 22.8 Å². The van der Waals surface area contributed by atoms with Crippen molar-refractivity contribution in [3.05, 3.63) is 34.3 Å². The monoisotopic (exact) mass is 531 g/mol. The van der Waals surface area contributed by atoms with Gasteiger partial charge < -0.3 is 15.0 Å². The van der Waals surface area contributed by atoms with Crippen LogP contribution >= 0.6 is 11.6 Å². The summed E-state index contributed by atoms with van der Waals surface area (Å²) < 4.78 is 44.6. The number of benzene rings is 1. The molecule has 2 atom stereocenters. The molecule has 1 aromatic rings. The molecule has 202 valence electrons. The third kappa shape index (κ3) is 8.00. The number of nitrogens with one attached hydrogen (secondary N) is 1. The second kappa shape index (κ2) is 12.0. The number of carbonyl (C=O) groups is 2. The number of rotatable bonds is 7.